The Morgan fingerprint density at radius 3 is 2.52 bits per heavy atom. The second-order valence-electron chi connectivity index (χ2n) is 5.22. The Morgan fingerprint density at radius 1 is 1.13 bits per heavy atom. The lowest BCUT2D eigenvalue weighted by Gasteiger charge is -2.14. The van der Waals surface area contributed by atoms with Crippen molar-refractivity contribution in [2.45, 2.75) is 13.3 Å². The zero-order valence-corrected chi connectivity index (χ0v) is 15.8. The van der Waals surface area contributed by atoms with Crippen LogP contribution < -0.4 is 4.52 Å². The number of halogens is 1. The van der Waals surface area contributed by atoms with Gasteiger partial charge in [0.15, 0.2) is 0 Å². The highest BCUT2D eigenvalue weighted by Crippen LogP contribution is 2.56. The molecular weight excluding hydrogens is 395 g/mol. The molecule has 0 heterocycles. The first kappa shape index (κ1) is 16.8. The van der Waals surface area contributed by atoms with Crippen LogP contribution in [0, 0.1) is 0 Å². The fourth-order valence-electron chi connectivity index (χ4n) is 2.40. The van der Waals surface area contributed by atoms with Gasteiger partial charge in [-0.1, -0.05) is 47.1 Å². The van der Waals surface area contributed by atoms with E-state index in [9.17, 15) is 9.46 Å². The maximum absolute atomic E-state index is 12.1. The molecule has 0 amide bonds. The average Bonchev–Trinajstić information content (AvgIpc) is 2.51. The molecule has 0 spiro atoms. The zero-order chi connectivity index (χ0) is 16.4. The molecule has 0 saturated heterocycles. The molecule has 6 heteroatoms. The Balaban J connectivity index is 2.03. The predicted molar refractivity (Wildman–Crippen MR) is 102 cm³/mol. The van der Waals surface area contributed by atoms with Crippen molar-refractivity contribution in [3.05, 3.63) is 53.0 Å². The van der Waals surface area contributed by atoms with E-state index >= 15 is 0 Å². The lowest BCUT2D eigenvalue weighted by molar-refractivity contribution is 0.403. The quantitative estimate of drug-likeness (QED) is 0.391. The van der Waals surface area contributed by atoms with Crippen molar-refractivity contribution in [2.75, 3.05) is 5.75 Å². The highest BCUT2D eigenvalue weighted by Gasteiger charge is 2.22. The van der Waals surface area contributed by atoms with E-state index in [1.807, 2.05) is 31.2 Å². The molecule has 3 nitrogen and oxygen atoms in total. The fourth-order valence-corrected chi connectivity index (χ4v) is 5.46. The van der Waals surface area contributed by atoms with Gasteiger partial charge in [-0.05, 0) is 63.6 Å². The van der Waals surface area contributed by atoms with Gasteiger partial charge in [-0.15, -0.1) is 0 Å². The molecule has 1 atom stereocenters. The Labute approximate surface area is 147 Å². The number of hydrogen-bond donors (Lipinski definition) is 1. The average molecular weight is 411 g/mol. The summed E-state index contributed by atoms with van der Waals surface area (Å²) in [5, 5.41) is 4.29. The van der Waals surface area contributed by atoms with E-state index in [0.29, 0.717) is 11.5 Å². The van der Waals surface area contributed by atoms with Crippen LogP contribution in [-0.4, -0.2) is 10.6 Å². The van der Waals surface area contributed by atoms with Gasteiger partial charge in [0.05, 0.1) is 0 Å². The molecule has 1 N–H and O–H groups in total. The van der Waals surface area contributed by atoms with Gasteiger partial charge in [0, 0.05) is 10.2 Å². The SMILES string of the molecule is CCCSP(=O)(O)Oc1cc(Br)c2cc3ccccc3cc2c1. The van der Waals surface area contributed by atoms with Crippen molar-refractivity contribution < 1.29 is 14.0 Å². The Hall–Kier alpha value is -1.00. The maximum atomic E-state index is 12.1. The van der Waals surface area contributed by atoms with Gasteiger partial charge in [0.1, 0.15) is 5.75 Å². The summed E-state index contributed by atoms with van der Waals surface area (Å²) in [6.45, 7) is -1.72. The zero-order valence-electron chi connectivity index (χ0n) is 12.5. The number of rotatable bonds is 5. The molecular formula is C17H16BrO3PS. The lowest BCUT2D eigenvalue weighted by Crippen LogP contribution is -1.90. The monoisotopic (exact) mass is 410 g/mol. The van der Waals surface area contributed by atoms with E-state index in [0.717, 1.165) is 43.8 Å². The molecule has 3 aromatic carbocycles. The largest absolute Gasteiger partial charge is 0.437 e. The van der Waals surface area contributed by atoms with Gasteiger partial charge in [-0.3, -0.25) is 0 Å². The second-order valence-corrected chi connectivity index (χ2v) is 10.0. The van der Waals surface area contributed by atoms with E-state index in [2.05, 4.69) is 34.1 Å². The van der Waals surface area contributed by atoms with Crippen LogP contribution in [0.25, 0.3) is 21.5 Å². The lowest BCUT2D eigenvalue weighted by atomic mass is 10.0. The third kappa shape index (κ3) is 3.92. The normalized spacial score (nSPS) is 14.0. The topological polar surface area (TPSA) is 46.5 Å². The maximum Gasteiger partial charge on any atom is 0.437 e. The molecule has 3 rings (SSSR count). The summed E-state index contributed by atoms with van der Waals surface area (Å²) in [7, 11) is 0. The summed E-state index contributed by atoms with van der Waals surface area (Å²) >= 11 is 4.50. The molecule has 1 unspecified atom stereocenters. The number of benzene rings is 3. The molecule has 0 aliphatic carbocycles. The van der Waals surface area contributed by atoms with Crippen molar-refractivity contribution >= 4 is 55.7 Å². The Bertz CT molecular complexity index is 913. The predicted octanol–water partition coefficient (Wildman–Crippen LogP) is 6.38. The summed E-state index contributed by atoms with van der Waals surface area (Å²) < 4.78 is 18.3. The first-order chi connectivity index (χ1) is 11.0. The third-order valence-electron chi connectivity index (χ3n) is 3.42. The highest BCUT2D eigenvalue weighted by molar-refractivity contribution is 9.10. The fraction of sp³-hybridized carbons (Fsp3) is 0.176. The van der Waals surface area contributed by atoms with Gasteiger partial charge < -0.3 is 9.42 Å². The minimum atomic E-state index is -3.68. The number of fused-ring (bicyclic) bond motifs is 2. The van der Waals surface area contributed by atoms with Crippen LogP contribution in [-0.2, 0) is 4.57 Å². The molecule has 0 bridgehead atoms. The van der Waals surface area contributed by atoms with E-state index in [1.165, 1.54) is 0 Å². The molecule has 0 aliphatic rings. The van der Waals surface area contributed by atoms with E-state index in [1.54, 1.807) is 6.07 Å². The molecule has 23 heavy (non-hydrogen) atoms. The van der Waals surface area contributed by atoms with Gasteiger partial charge in [-0.2, -0.15) is 0 Å². The minimum absolute atomic E-state index is 0.397. The van der Waals surface area contributed by atoms with Crippen LogP contribution in [0.3, 0.4) is 0 Å². The minimum Gasteiger partial charge on any atom is -0.417 e. The van der Waals surface area contributed by atoms with Crippen molar-refractivity contribution in [2.24, 2.45) is 0 Å². The van der Waals surface area contributed by atoms with Gasteiger partial charge in [-0.25, -0.2) is 4.57 Å². The summed E-state index contributed by atoms with van der Waals surface area (Å²) in [5.74, 6) is 0.988. The highest BCUT2D eigenvalue weighted by atomic mass is 79.9. The standard InChI is InChI=1S/C17H16BrO3PS/c1-2-7-23-22(19,20)21-15-9-14-8-12-5-3-4-6-13(12)10-16(14)17(18)11-15/h3-6,8-11H,2,7H2,1H3,(H,19,20). The summed E-state index contributed by atoms with van der Waals surface area (Å²) in [6, 6.07) is 15.8. The third-order valence-corrected chi connectivity index (χ3v) is 7.19. The smallest absolute Gasteiger partial charge is 0.417 e. The van der Waals surface area contributed by atoms with Crippen molar-refractivity contribution in [1.82, 2.24) is 0 Å². The molecule has 3 aromatic rings. The van der Waals surface area contributed by atoms with Crippen LogP contribution in [0.2, 0.25) is 0 Å². The van der Waals surface area contributed by atoms with Gasteiger partial charge >= 0.3 is 6.80 Å². The summed E-state index contributed by atoms with van der Waals surface area (Å²) in [4.78, 5) is 9.91. The van der Waals surface area contributed by atoms with Crippen LogP contribution in [0.5, 0.6) is 5.75 Å². The molecule has 0 aromatic heterocycles. The first-order valence-electron chi connectivity index (χ1n) is 7.27. The molecule has 0 fully saturated rings. The van der Waals surface area contributed by atoms with Crippen LogP contribution >= 0.6 is 34.1 Å². The molecule has 120 valence electrons. The van der Waals surface area contributed by atoms with Crippen molar-refractivity contribution in [3.8, 4) is 5.75 Å². The van der Waals surface area contributed by atoms with Crippen molar-refractivity contribution in [1.29, 1.82) is 0 Å². The summed E-state index contributed by atoms with van der Waals surface area (Å²) in [6.07, 6.45) is 0.825. The van der Waals surface area contributed by atoms with Crippen LogP contribution in [0.15, 0.2) is 53.0 Å². The Kier molecular flexibility index (Phi) is 5.02. The molecule has 0 saturated carbocycles. The Morgan fingerprint density at radius 2 is 1.83 bits per heavy atom. The molecule has 0 aliphatic heterocycles. The van der Waals surface area contributed by atoms with E-state index in [-0.39, 0.29) is 0 Å². The van der Waals surface area contributed by atoms with Gasteiger partial charge in [0.25, 0.3) is 0 Å². The van der Waals surface area contributed by atoms with E-state index < -0.39 is 6.80 Å². The van der Waals surface area contributed by atoms with Crippen LogP contribution in [0.1, 0.15) is 13.3 Å². The van der Waals surface area contributed by atoms with Gasteiger partial charge in [0.2, 0.25) is 0 Å². The summed E-state index contributed by atoms with van der Waals surface area (Å²) in [5.41, 5.74) is 0. The van der Waals surface area contributed by atoms with E-state index in [4.69, 9.17) is 4.52 Å². The van der Waals surface area contributed by atoms with Crippen LogP contribution in [0.4, 0.5) is 0 Å². The van der Waals surface area contributed by atoms with Crippen molar-refractivity contribution in [3.63, 3.8) is 0 Å². The first-order valence-corrected chi connectivity index (χ1v) is 11.2. The molecule has 0 radical (unpaired) electrons. The number of hydrogen-bond acceptors (Lipinski definition) is 3. The second kappa shape index (κ2) is 6.86.